The fourth-order valence-electron chi connectivity index (χ4n) is 5.15. The molecule has 3 heterocycles. The van der Waals surface area contributed by atoms with E-state index in [9.17, 15) is 4.79 Å². The molecule has 2 aromatic heterocycles. The number of aromatic nitrogens is 5. The number of fused-ring (bicyclic) bond motifs is 1. The Morgan fingerprint density at radius 1 is 1.18 bits per heavy atom. The fourth-order valence-corrected chi connectivity index (χ4v) is 5.15. The highest BCUT2D eigenvalue weighted by molar-refractivity contribution is 5.79. The minimum atomic E-state index is -0.495. The highest BCUT2D eigenvalue weighted by Gasteiger charge is 2.35. The number of nitrogens with one attached hydrogen (secondary N) is 1. The molecule has 9 nitrogen and oxygen atoms in total. The lowest BCUT2D eigenvalue weighted by atomic mass is 10.00. The number of benzene rings is 2. The Morgan fingerprint density at radius 2 is 1.97 bits per heavy atom. The Morgan fingerprint density at radius 3 is 2.66 bits per heavy atom. The molecule has 0 bridgehead atoms. The van der Waals surface area contributed by atoms with Crippen LogP contribution in [0.1, 0.15) is 62.2 Å². The molecule has 4 aromatic rings. The molecule has 5 rings (SSSR count). The molecule has 1 N–H and O–H groups in total. The zero-order valence-corrected chi connectivity index (χ0v) is 22.8. The van der Waals surface area contributed by atoms with E-state index in [0.29, 0.717) is 24.5 Å². The second kappa shape index (κ2) is 10.7. The number of tetrazole rings is 1. The zero-order valence-electron chi connectivity index (χ0n) is 22.8. The SMILES string of the molecule is COc1ccc(CN(CC2CCCO2)C(c2cc3ccc(C)cc3[nH]c2=O)c2nnnn2C(C)(C)C)cc1. The third-order valence-corrected chi connectivity index (χ3v) is 7.07. The van der Waals surface area contributed by atoms with Crippen molar-refractivity contribution in [2.24, 2.45) is 0 Å². The molecule has 1 saturated heterocycles. The number of hydrogen-bond donors (Lipinski definition) is 1. The first-order chi connectivity index (χ1) is 18.2. The number of ether oxygens (including phenoxy) is 2. The minimum absolute atomic E-state index is 0.0666. The predicted molar refractivity (Wildman–Crippen MR) is 146 cm³/mol. The van der Waals surface area contributed by atoms with E-state index >= 15 is 0 Å². The molecule has 2 atom stereocenters. The second-order valence-corrected chi connectivity index (χ2v) is 11.1. The lowest BCUT2D eigenvalue weighted by molar-refractivity contribution is 0.0564. The van der Waals surface area contributed by atoms with E-state index in [0.717, 1.165) is 47.2 Å². The number of nitrogens with zero attached hydrogens (tertiary/aromatic N) is 5. The highest BCUT2D eigenvalue weighted by Crippen LogP contribution is 2.32. The van der Waals surface area contributed by atoms with E-state index in [1.54, 1.807) is 7.11 Å². The number of methoxy groups -OCH3 is 1. The Hall–Kier alpha value is -3.56. The van der Waals surface area contributed by atoms with Gasteiger partial charge in [-0.2, -0.15) is 0 Å². The van der Waals surface area contributed by atoms with Crippen LogP contribution in [0.15, 0.2) is 53.3 Å². The zero-order chi connectivity index (χ0) is 26.9. The van der Waals surface area contributed by atoms with Crippen molar-refractivity contribution in [3.05, 3.63) is 81.4 Å². The molecule has 38 heavy (non-hydrogen) atoms. The maximum Gasteiger partial charge on any atom is 0.253 e. The van der Waals surface area contributed by atoms with Crippen LogP contribution in [0.3, 0.4) is 0 Å². The standard InChI is InChI=1S/C29H36N6O3/c1-19-8-11-21-16-24(28(36)30-25(21)15-19)26(27-31-32-33-35(27)29(2,3)4)34(18-23-7-6-14-38-23)17-20-9-12-22(37-5)13-10-20/h8-13,15-16,23,26H,6-7,14,17-18H2,1-5H3,(H,30,36). The van der Waals surface area contributed by atoms with Crippen LogP contribution in [-0.2, 0) is 16.8 Å². The first-order valence-electron chi connectivity index (χ1n) is 13.1. The molecule has 9 heteroatoms. The summed E-state index contributed by atoms with van der Waals surface area (Å²) in [5, 5.41) is 13.9. The lowest BCUT2D eigenvalue weighted by Crippen LogP contribution is -2.40. The van der Waals surface area contributed by atoms with E-state index in [1.807, 2.05) is 41.9 Å². The van der Waals surface area contributed by atoms with Gasteiger partial charge in [-0.1, -0.05) is 24.3 Å². The smallest absolute Gasteiger partial charge is 0.253 e. The van der Waals surface area contributed by atoms with Crippen LogP contribution in [0.25, 0.3) is 10.9 Å². The van der Waals surface area contributed by atoms with Crippen LogP contribution in [0, 0.1) is 6.92 Å². The summed E-state index contributed by atoms with van der Waals surface area (Å²) in [6.07, 6.45) is 2.07. The van der Waals surface area contributed by atoms with Gasteiger partial charge in [0.2, 0.25) is 0 Å². The molecule has 1 fully saturated rings. The highest BCUT2D eigenvalue weighted by atomic mass is 16.5. The third-order valence-electron chi connectivity index (χ3n) is 7.07. The van der Waals surface area contributed by atoms with Gasteiger partial charge in [0.25, 0.3) is 5.56 Å². The largest absolute Gasteiger partial charge is 0.497 e. The quantitative estimate of drug-likeness (QED) is 0.372. The topological polar surface area (TPSA) is 98.2 Å². The number of pyridine rings is 1. The molecule has 200 valence electrons. The monoisotopic (exact) mass is 516 g/mol. The Balaban J connectivity index is 1.67. The van der Waals surface area contributed by atoms with Gasteiger partial charge in [0.05, 0.1) is 18.8 Å². The van der Waals surface area contributed by atoms with Gasteiger partial charge in [-0.25, -0.2) is 4.68 Å². The summed E-state index contributed by atoms with van der Waals surface area (Å²) in [6, 6.07) is 15.6. The van der Waals surface area contributed by atoms with Crippen LogP contribution in [0.4, 0.5) is 0 Å². The molecule has 0 saturated carbocycles. The average molecular weight is 517 g/mol. The van der Waals surface area contributed by atoms with E-state index in [-0.39, 0.29) is 17.2 Å². The van der Waals surface area contributed by atoms with Gasteiger partial charge < -0.3 is 14.5 Å². The molecular formula is C29H36N6O3. The van der Waals surface area contributed by atoms with E-state index < -0.39 is 6.04 Å². The number of rotatable bonds is 8. The first kappa shape index (κ1) is 26.1. The number of aromatic amines is 1. The molecule has 0 spiro atoms. The summed E-state index contributed by atoms with van der Waals surface area (Å²) in [6.45, 7) is 10.2. The number of hydrogen-bond acceptors (Lipinski definition) is 7. The van der Waals surface area contributed by atoms with Crippen molar-refractivity contribution < 1.29 is 9.47 Å². The maximum absolute atomic E-state index is 13.7. The first-order valence-corrected chi connectivity index (χ1v) is 13.1. The van der Waals surface area contributed by atoms with Crippen LogP contribution in [0.5, 0.6) is 5.75 Å². The van der Waals surface area contributed by atoms with Crippen molar-refractivity contribution in [2.45, 2.75) is 64.8 Å². The normalized spacial score (nSPS) is 16.8. The van der Waals surface area contributed by atoms with Gasteiger partial charge in [0.15, 0.2) is 5.82 Å². The molecule has 0 radical (unpaired) electrons. The fraction of sp³-hybridized carbons (Fsp3) is 0.448. The average Bonchev–Trinajstić information content (AvgIpc) is 3.57. The molecule has 1 aliphatic rings. The Kier molecular flexibility index (Phi) is 7.32. The van der Waals surface area contributed by atoms with E-state index in [2.05, 4.69) is 64.4 Å². The molecule has 0 amide bonds. The maximum atomic E-state index is 13.7. The number of aryl methyl sites for hydroxylation is 1. The van der Waals surface area contributed by atoms with Crippen molar-refractivity contribution in [1.82, 2.24) is 30.1 Å². The van der Waals surface area contributed by atoms with Crippen LogP contribution >= 0.6 is 0 Å². The Labute approximate surface area is 222 Å². The van der Waals surface area contributed by atoms with Crippen molar-refractivity contribution in [1.29, 1.82) is 0 Å². The molecule has 2 unspecified atom stereocenters. The van der Waals surface area contributed by atoms with Gasteiger partial charge in [-0.3, -0.25) is 9.69 Å². The minimum Gasteiger partial charge on any atom is -0.497 e. The van der Waals surface area contributed by atoms with Crippen molar-refractivity contribution >= 4 is 10.9 Å². The molecule has 0 aliphatic carbocycles. The molecule has 2 aromatic carbocycles. The summed E-state index contributed by atoms with van der Waals surface area (Å²) in [4.78, 5) is 19.1. The molecule has 1 aliphatic heterocycles. The van der Waals surface area contributed by atoms with Gasteiger partial charge in [0.1, 0.15) is 11.8 Å². The van der Waals surface area contributed by atoms with Gasteiger partial charge in [-0.15, -0.1) is 5.10 Å². The van der Waals surface area contributed by atoms with E-state index in [1.165, 1.54) is 0 Å². The summed E-state index contributed by atoms with van der Waals surface area (Å²) in [7, 11) is 1.66. The van der Waals surface area contributed by atoms with Crippen molar-refractivity contribution in [3.8, 4) is 5.75 Å². The summed E-state index contributed by atoms with van der Waals surface area (Å²) >= 11 is 0. The van der Waals surface area contributed by atoms with Gasteiger partial charge in [-0.05, 0) is 91.7 Å². The number of H-pyrrole nitrogens is 1. The summed E-state index contributed by atoms with van der Waals surface area (Å²) in [5.41, 5.74) is 3.07. The predicted octanol–water partition coefficient (Wildman–Crippen LogP) is 4.36. The third kappa shape index (κ3) is 5.49. The van der Waals surface area contributed by atoms with Gasteiger partial charge >= 0.3 is 0 Å². The molecular weight excluding hydrogens is 480 g/mol. The van der Waals surface area contributed by atoms with Crippen LogP contribution in [0.2, 0.25) is 0 Å². The Bertz CT molecular complexity index is 1450. The summed E-state index contributed by atoms with van der Waals surface area (Å²) in [5.74, 6) is 1.43. The van der Waals surface area contributed by atoms with Crippen molar-refractivity contribution in [2.75, 3.05) is 20.3 Å². The van der Waals surface area contributed by atoms with Crippen LogP contribution < -0.4 is 10.3 Å². The van der Waals surface area contributed by atoms with E-state index in [4.69, 9.17) is 9.47 Å². The van der Waals surface area contributed by atoms with Crippen molar-refractivity contribution in [3.63, 3.8) is 0 Å². The van der Waals surface area contributed by atoms with Gasteiger partial charge in [0, 0.05) is 30.8 Å². The summed E-state index contributed by atoms with van der Waals surface area (Å²) < 4.78 is 13.3. The second-order valence-electron chi connectivity index (χ2n) is 11.1. The lowest BCUT2D eigenvalue weighted by Gasteiger charge is -2.34. The van der Waals surface area contributed by atoms with Crippen LogP contribution in [-0.4, -0.2) is 56.5 Å².